The van der Waals surface area contributed by atoms with Crippen LogP contribution in [0.3, 0.4) is 0 Å². The summed E-state index contributed by atoms with van der Waals surface area (Å²) in [4.78, 5) is 0. The Morgan fingerprint density at radius 2 is 1.79 bits per heavy atom. The zero-order chi connectivity index (χ0) is 13.7. The highest BCUT2D eigenvalue weighted by Crippen LogP contribution is 2.21. The van der Waals surface area contributed by atoms with Gasteiger partial charge in [-0.3, -0.25) is 0 Å². The summed E-state index contributed by atoms with van der Waals surface area (Å²) >= 11 is 3.38. The number of halogens is 1. The van der Waals surface area contributed by atoms with Crippen LogP contribution in [-0.4, -0.2) is 0 Å². The molecule has 0 saturated carbocycles. The van der Waals surface area contributed by atoms with Crippen molar-refractivity contribution in [3.8, 4) is 6.07 Å². The van der Waals surface area contributed by atoms with Gasteiger partial charge in [0.1, 0.15) is 6.07 Å². The Balaban J connectivity index is 2.02. The fraction of sp³-hybridized carbons (Fsp3) is 0.133. The number of nitrogens with one attached hydrogen (secondary N) is 1. The third-order valence-corrected chi connectivity index (χ3v) is 3.50. The first kappa shape index (κ1) is 13.6. The molecule has 0 bridgehead atoms. The minimum absolute atomic E-state index is 0.566. The van der Waals surface area contributed by atoms with Crippen LogP contribution in [0.25, 0.3) is 0 Å². The van der Waals surface area contributed by atoms with Gasteiger partial charge in [0.15, 0.2) is 0 Å². The quantitative estimate of drug-likeness (QED) is 0.909. The van der Waals surface area contributed by atoms with Crippen molar-refractivity contribution >= 4 is 21.6 Å². The third kappa shape index (κ3) is 3.57. The summed E-state index contributed by atoms with van der Waals surface area (Å²) < 4.78 is 0.804. The first-order chi connectivity index (χ1) is 9.22. The summed E-state index contributed by atoms with van der Waals surface area (Å²) in [5.74, 6) is 0. The summed E-state index contributed by atoms with van der Waals surface area (Å²) in [7, 11) is 0. The van der Waals surface area contributed by atoms with Crippen molar-refractivity contribution in [3.63, 3.8) is 0 Å². The van der Waals surface area contributed by atoms with Crippen LogP contribution < -0.4 is 11.1 Å². The van der Waals surface area contributed by atoms with Crippen molar-refractivity contribution in [2.24, 2.45) is 5.73 Å². The largest absolute Gasteiger partial charge is 0.381 e. The molecule has 0 aliphatic heterocycles. The topological polar surface area (TPSA) is 61.8 Å². The van der Waals surface area contributed by atoms with Crippen LogP contribution >= 0.6 is 15.9 Å². The van der Waals surface area contributed by atoms with Crippen molar-refractivity contribution in [1.82, 2.24) is 0 Å². The molecule has 0 heterocycles. The summed E-state index contributed by atoms with van der Waals surface area (Å²) in [5.41, 5.74) is 9.50. The normalized spacial score (nSPS) is 9.95. The predicted molar refractivity (Wildman–Crippen MR) is 80.5 cm³/mol. The molecule has 0 saturated heterocycles. The second-order valence-electron chi connectivity index (χ2n) is 4.18. The van der Waals surface area contributed by atoms with Crippen molar-refractivity contribution in [3.05, 3.63) is 63.6 Å². The van der Waals surface area contributed by atoms with Gasteiger partial charge in [-0.2, -0.15) is 5.26 Å². The van der Waals surface area contributed by atoms with Crippen LogP contribution in [0.4, 0.5) is 5.69 Å². The number of rotatable bonds is 4. The standard InChI is InChI=1S/C15H14BrN3/c16-15-7-14(6-5-13(15)9-18)19-10-12-3-1-11(8-17)2-4-12/h1-7,19H,8,10,17H2. The molecule has 0 radical (unpaired) electrons. The minimum Gasteiger partial charge on any atom is -0.381 e. The van der Waals surface area contributed by atoms with Crippen LogP contribution in [-0.2, 0) is 13.1 Å². The molecule has 2 rings (SSSR count). The molecule has 0 aliphatic rings. The molecular weight excluding hydrogens is 302 g/mol. The van der Waals surface area contributed by atoms with Gasteiger partial charge in [0.2, 0.25) is 0 Å². The molecule has 0 atom stereocenters. The maximum Gasteiger partial charge on any atom is 0.100 e. The van der Waals surface area contributed by atoms with E-state index in [1.807, 2.05) is 24.3 Å². The van der Waals surface area contributed by atoms with E-state index in [4.69, 9.17) is 11.0 Å². The average Bonchev–Trinajstić information content (AvgIpc) is 2.46. The number of nitriles is 1. The molecule has 2 aromatic rings. The highest BCUT2D eigenvalue weighted by Gasteiger charge is 2.00. The smallest absolute Gasteiger partial charge is 0.100 e. The molecule has 0 fully saturated rings. The maximum absolute atomic E-state index is 8.86. The van der Waals surface area contributed by atoms with Gasteiger partial charge < -0.3 is 11.1 Å². The van der Waals surface area contributed by atoms with Crippen LogP contribution in [0.2, 0.25) is 0 Å². The Morgan fingerprint density at radius 3 is 2.37 bits per heavy atom. The second kappa shape index (κ2) is 6.37. The molecule has 2 aromatic carbocycles. The van der Waals surface area contributed by atoms with Gasteiger partial charge in [-0.1, -0.05) is 24.3 Å². The Kier molecular flexibility index (Phi) is 4.56. The van der Waals surface area contributed by atoms with E-state index in [0.717, 1.165) is 22.3 Å². The van der Waals surface area contributed by atoms with Crippen molar-refractivity contribution < 1.29 is 0 Å². The zero-order valence-electron chi connectivity index (χ0n) is 10.4. The van der Waals surface area contributed by atoms with Crippen molar-refractivity contribution in [1.29, 1.82) is 5.26 Å². The first-order valence-corrected chi connectivity index (χ1v) is 6.73. The Bertz CT molecular complexity index is 600. The van der Waals surface area contributed by atoms with Gasteiger partial charge in [-0.25, -0.2) is 0 Å². The molecule has 19 heavy (non-hydrogen) atoms. The SMILES string of the molecule is N#Cc1ccc(NCc2ccc(CN)cc2)cc1Br. The predicted octanol–water partition coefficient (Wildman–Crippen LogP) is 3.39. The Hall–Kier alpha value is -1.83. The Labute approximate surface area is 121 Å². The fourth-order valence-corrected chi connectivity index (χ4v) is 2.18. The monoisotopic (exact) mass is 315 g/mol. The lowest BCUT2D eigenvalue weighted by atomic mass is 10.1. The van der Waals surface area contributed by atoms with Crippen molar-refractivity contribution in [2.75, 3.05) is 5.32 Å². The molecule has 96 valence electrons. The highest BCUT2D eigenvalue weighted by molar-refractivity contribution is 9.10. The molecular formula is C15H14BrN3. The van der Waals surface area contributed by atoms with Gasteiger partial charge in [-0.15, -0.1) is 0 Å². The van der Waals surface area contributed by atoms with Crippen molar-refractivity contribution in [2.45, 2.75) is 13.1 Å². The maximum atomic E-state index is 8.86. The summed E-state index contributed by atoms with van der Waals surface area (Å²) in [6.07, 6.45) is 0. The lowest BCUT2D eigenvalue weighted by molar-refractivity contribution is 1.06. The van der Waals surface area contributed by atoms with Gasteiger partial charge in [-0.05, 0) is 45.3 Å². The van der Waals surface area contributed by atoms with Gasteiger partial charge >= 0.3 is 0 Å². The minimum atomic E-state index is 0.566. The van der Waals surface area contributed by atoms with E-state index in [0.29, 0.717) is 12.1 Å². The van der Waals surface area contributed by atoms with E-state index in [-0.39, 0.29) is 0 Å². The summed E-state index contributed by atoms with van der Waals surface area (Å²) in [5, 5.41) is 12.2. The number of hydrogen-bond acceptors (Lipinski definition) is 3. The van der Waals surface area contributed by atoms with Crippen LogP contribution in [0.5, 0.6) is 0 Å². The van der Waals surface area contributed by atoms with Crippen LogP contribution in [0, 0.1) is 11.3 Å². The molecule has 0 aromatic heterocycles. The average molecular weight is 316 g/mol. The first-order valence-electron chi connectivity index (χ1n) is 5.94. The second-order valence-corrected chi connectivity index (χ2v) is 5.03. The fourth-order valence-electron chi connectivity index (χ4n) is 1.71. The van der Waals surface area contributed by atoms with E-state index in [1.165, 1.54) is 5.56 Å². The van der Waals surface area contributed by atoms with E-state index in [2.05, 4.69) is 39.4 Å². The van der Waals surface area contributed by atoms with Crippen LogP contribution in [0.1, 0.15) is 16.7 Å². The lowest BCUT2D eigenvalue weighted by Gasteiger charge is -2.08. The number of nitrogens with two attached hydrogens (primary N) is 1. The number of hydrogen-bond donors (Lipinski definition) is 2. The molecule has 4 heteroatoms. The van der Waals surface area contributed by atoms with Gasteiger partial charge in [0.05, 0.1) is 5.56 Å². The molecule has 3 nitrogen and oxygen atoms in total. The number of benzene rings is 2. The highest BCUT2D eigenvalue weighted by atomic mass is 79.9. The van der Waals surface area contributed by atoms with Crippen LogP contribution in [0.15, 0.2) is 46.9 Å². The summed E-state index contributed by atoms with van der Waals surface area (Å²) in [6, 6.07) is 15.9. The number of nitrogens with zero attached hydrogens (tertiary/aromatic N) is 1. The van der Waals surface area contributed by atoms with E-state index < -0.39 is 0 Å². The Morgan fingerprint density at radius 1 is 1.11 bits per heavy atom. The van der Waals surface area contributed by atoms with E-state index in [9.17, 15) is 0 Å². The molecule has 0 aliphatic carbocycles. The molecule has 0 spiro atoms. The van der Waals surface area contributed by atoms with E-state index in [1.54, 1.807) is 6.07 Å². The van der Waals surface area contributed by atoms with Gasteiger partial charge in [0, 0.05) is 23.2 Å². The van der Waals surface area contributed by atoms with Gasteiger partial charge in [0.25, 0.3) is 0 Å². The molecule has 0 unspecified atom stereocenters. The molecule has 0 amide bonds. The molecule has 3 N–H and O–H groups in total. The lowest BCUT2D eigenvalue weighted by Crippen LogP contribution is -2.01. The third-order valence-electron chi connectivity index (χ3n) is 2.84. The number of anilines is 1. The van der Waals surface area contributed by atoms with E-state index >= 15 is 0 Å². The summed E-state index contributed by atoms with van der Waals surface area (Å²) in [6.45, 7) is 1.31. The zero-order valence-corrected chi connectivity index (χ0v) is 11.9.